The number of nitrogens with one attached hydrogen (secondary N) is 1. The van der Waals surface area contributed by atoms with Gasteiger partial charge in [0.05, 0.1) is 15.7 Å². The maximum Gasteiger partial charge on any atom is 0.337 e. The Bertz CT molecular complexity index is 689. The summed E-state index contributed by atoms with van der Waals surface area (Å²) in [5, 5.41) is 12.2. The van der Waals surface area contributed by atoms with Crippen molar-refractivity contribution in [2.45, 2.75) is 6.92 Å². The number of nitrogens with two attached hydrogens (primary N) is 1. The van der Waals surface area contributed by atoms with Crippen LogP contribution in [0.25, 0.3) is 0 Å². The SMILES string of the molecule is Cc1cc(F)c(Br)cc1Nc1ccc(N)cc1C(=O)O. The summed E-state index contributed by atoms with van der Waals surface area (Å²) in [6, 6.07) is 7.48. The van der Waals surface area contributed by atoms with Crippen molar-refractivity contribution in [3.05, 3.63) is 51.7 Å². The molecule has 20 heavy (non-hydrogen) atoms. The van der Waals surface area contributed by atoms with Gasteiger partial charge in [0.1, 0.15) is 5.82 Å². The quantitative estimate of drug-likeness (QED) is 0.741. The monoisotopic (exact) mass is 338 g/mol. The molecule has 0 radical (unpaired) electrons. The van der Waals surface area contributed by atoms with Gasteiger partial charge in [-0.25, -0.2) is 9.18 Å². The average molecular weight is 339 g/mol. The molecular formula is C14H12BrFN2O2. The zero-order valence-corrected chi connectivity index (χ0v) is 12.2. The molecule has 0 saturated heterocycles. The highest BCUT2D eigenvalue weighted by atomic mass is 79.9. The molecule has 0 aliphatic heterocycles. The van der Waals surface area contributed by atoms with Gasteiger partial charge < -0.3 is 16.2 Å². The maximum atomic E-state index is 13.4. The van der Waals surface area contributed by atoms with Crippen molar-refractivity contribution in [3.8, 4) is 0 Å². The van der Waals surface area contributed by atoms with Gasteiger partial charge >= 0.3 is 5.97 Å². The fourth-order valence-electron chi connectivity index (χ4n) is 1.77. The van der Waals surface area contributed by atoms with Gasteiger partial charge in [-0.15, -0.1) is 0 Å². The molecule has 0 fully saturated rings. The fourth-order valence-corrected chi connectivity index (χ4v) is 2.12. The standard InChI is InChI=1S/C14H12BrFN2O2/c1-7-4-11(16)10(15)6-13(7)18-12-3-2-8(17)5-9(12)14(19)20/h2-6,18H,17H2,1H3,(H,19,20). The second-order valence-electron chi connectivity index (χ2n) is 4.32. The minimum atomic E-state index is -1.08. The molecule has 0 unspecified atom stereocenters. The molecule has 104 valence electrons. The highest BCUT2D eigenvalue weighted by molar-refractivity contribution is 9.10. The number of hydrogen-bond acceptors (Lipinski definition) is 3. The van der Waals surface area contributed by atoms with E-state index >= 15 is 0 Å². The fraction of sp³-hybridized carbons (Fsp3) is 0.0714. The summed E-state index contributed by atoms with van der Waals surface area (Å²) in [6.07, 6.45) is 0. The number of halogens is 2. The molecule has 6 heteroatoms. The van der Waals surface area contributed by atoms with Crippen molar-refractivity contribution in [1.82, 2.24) is 0 Å². The second kappa shape index (κ2) is 5.50. The van der Waals surface area contributed by atoms with Crippen LogP contribution in [0.4, 0.5) is 21.5 Å². The van der Waals surface area contributed by atoms with E-state index in [1.165, 1.54) is 12.1 Å². The van der Waals surface area contributed by atoms with Gasteiger partial charge in [0.2, 0.25) is 0 Å². The van der Waals surface area contributed by atoms with E-state index in [9.17, 15) is 14.3 Å². The predicted molar refractivity (Wildman–Crippen MR) is 79.9 cm³/mol. The Morgan fingerprint density at radius 1 is 1.30 bits per heavy atom. The molecule has 0 aliphatic rings. The number of carbonyl (C=O) groups is 1. The topological polar surface area (TPSA) is 75.3 Å². The van der Waals surface area contributed by atoms with E-state index in [2.05, 4.69) is 21.2 Å². The van der Waals surface area contributed by atoms with Gasteiger partial charge in [0, 0.05) is 11.4 Å². The number of aromatic carboxylic acids is 1. The summed E-state index contributed by atoms with van der Waals surface area (Å²) in [6.45, 7) is 1.73. The Labute approximate surface area is 123 Å². The molecule has 0 amide bonds. The molecule has 4 nitrogen and oxygen atoms in total. The lowest BCUT2D eigenvalue weighted by molar-refractivity contribution is 0.0698. The van der Waals surface area contributed by atoms with Gasteiger partial charge in [-0.2, -0.15) is 0 Å². The third kappa shape index (κ3) is 2.91. The largest absolute Gasteiger partial charge is 0.478 e. The van der Waals surface area contributed by atoms with E-state index in [0.29, 0.717) is 27.1 Å². The van der Waals surface area contributed by atoms with E-state index < -0.39 is 5.97 Å². The smallest absolute Gasteiger partial charge is 0.337 e. The molecule has 0 heterocycles. The second-order valence-corrected chi connectivity index (χ2v) is 5.17. The lowest BCUT2D eigenvalue weighted by Gasteiger charge is -2.13. The zero-order valence-electron chi connectivity index (χ0n) is 10.6. The van der Waals surface area contributed by atoms with Crippen LogP contribution in [0, 0.1) is 12.7 Å². The molecule has 2 rings (SSSR count). The molecule has 0 saturated carbocycles. The molecular weight excluding hydrogens is 327 g/mol. The highest BCUT2D eigenvalue weighted by Gasteiger charge is 2.12. The van der Waals surface area contributed by atoms with E-state index in [-0.39, 0.29) is 11.4 Å². The van der Waals surface area contributed by atoms with Crippen LogP contribution in [0.5, 0.6) is 0 Å². The van der Waals surface area contributed by atoms with Gasteiger partial charge in [-0.1, -0.05) is 0 Å². The molecule has 0 spiro atoms. The van der Waals surface area contributed by atoms with E-state index in [0.717, 1.165) is 0 Å². The summed E-state index contributed by atoms with van der Waals surface area (Å²) in [5.41, 5.74) is 7.69. The number of nitrogen functional groups attached to an aromatic ring is 1. The van der Waals surface area contributed by atoms with Crippen molar-refractivity contribution in [2.75, 3.05) is 11.1 Å². The minimum Gasteiger partial charge on any atom is -0.478 e. The highest BCUT2D eigenvalue weighted by Crippen LogP contribution is 2.29. The van der Waals surface area contributed by atoms with Crippen LogP contribution in [0.1, 0.15) is 15.9 Å². The van der Waals surface area contributed by atoms with Crippen LogP contribution >= 0.6 is 15.9 Å². The summed E-state index contributed by atoms with van der Waals surface area (Å²) in [4.78, 5) is 11.2. The Hall–Kier alpha value is -2.08. The average Bonchev–Trinajstić information content (AvgIpc) is 2.37. The van der Waals surface area contributed by atoms with Crippen LogP contribution in [-0.2, 0) is 0 Å². The number of rotatable bonds is 3. The summed E-state index contributed by atoms with van der Waals surface area (Å²) < 4.78 is 13.7. The first kappa shape index (κ1) is 14.3. The zero-order chi connectivity index (χ0) is 14.9. The number of benzene rings is 2. The van der Waals surface area contributed by atoms with Crippen LogP contribution in [0.2, 0.25) is 0 Å². The Balaban J connectivity index is 2.45. The number of hydrogen-bond donors (Lipinski definition) is 3. The van der Waals surface area contributed by atoms with Crippen LogP contribution < -0.4 is 11.1 Å². The minimum absolute atomic E-state index is 0.0600. The molecule has 0 atom stereocenters. The third-order valence-electron chi connectivity index (χ3n) is 2.81. The van der Waals surface area contributed by atoms with Gasteiger partial charge in [0.25, 0.3) is 0 Å². The van der Waals surface area contributed by atoms with Crippen LogP contribution in [-0.4, -0.2) is 11.1 Å². The summed E-state index contributed by atoms with van der Waals surface area (Å²) in [5.74, 6) is -1.46. The van der Waals surface area contributed by atoms with Gasteiger partial charge in [0.15, 0.2) is 0 Å². The van der Waals surface area contributed by atoms with Crippen molar-refractivity contribution in [2.24, 2.45) is 0 Å². The first-order valence-corrected chi connectivity index (χ1v) is 6.53. The van der Waals surface area contributed by atoms with Crippen molar-refractivity contribution in [3.63, 3.8) is 0 Å². The summed E-state index contributed by atoms with van der Waals surface area (Å²) >= 11 is 3.10. The Kier molecular flexibility index (Phi) is 3.94. The molecule has 2 aromatic rings. The molecule has 2 aromatic carbocycles. The third-order valence-corrected chi connectivity index (χ3v) is 3.42. The van der Waals surface area contributed by atoms with E-state index in [4.69, 9.17) is 5.73 Å². The van der Waals surface area contributed by atoms with E-state index in [1.54, 1.807) is 25.1 Å². The molecule has 0 aliphatic carbocycles. The van der Waals surface area contributed by atoms with Gasteiger partial charge in [-0.3, -0.25) is 0 Å². The summed E-state index contributed by atoms with van der Waals surface area (Å²) in [7, 11) is 0. The van der Waals surface area contributed by atoms with Gasteiger partial charge in [-0.05, 0) is 58.7 Å². The van der Waals surface area contributed by atoms with Crippen molar-refractivity contribution < 1.29 is 14.3 Å². The maximum absolute atomic E-state index is 13.4. The van der Waals surface area contributed by atoms with Crippen molar-refractivity contribution in [1.29, 1.82) is 0 Å². The number of aryl methyl sites for hydroxylation is 1. The van der Waals surface area contributed by atoms with Crippen LogP contribution in [0.15, 0.2) is 34.8 Å². The Morgan fingerprint density at radius 2 is 2.00 bits per heavy atom. The number of carboxylic acids is 1. The molecule has 0 aromatic heterocycles. The predicted octanol–water partition coefficient (Wildman–Crippen LogP) is 3.92. The normalized spacial score (nSPS) is 10.3. The van der Waals surface area contributed by atoms with Crippen LogP contribution in [0.3, 0.4) is 0 Å². The lowest BCUT2D eigenvalue weighted by Crippen LogP contribution is -2.04. The molecule has 0 bridgehead atoms. The number of anilines is 3. The molecule has 4 N–H and O–H groups in total. The first-order valence-electron chi connectivity index (χ1n) is 5.74. The first-order chi connectivity index (χ1) is 9.38. The number of carboxylic acid groups (broad SMARTS) is 1. The Morgan fingerprint density at radius 3 is 2.65 bits per heavy atom. The van der Waals surface area contributed by atoms with E-state index in [1.807, 2.05) is 0 Å². The lowest BCUT2D eigenvalue weighted by atomic mass is 10.1. The van der Waals surface area contributed by atoms with Crippen molar-refractivity contribution >= 4 is 39.0 Å².